The summed E-state index contributed by atoms with van der Waals surface area (Å²) in [5.74, 6) is -0.263. The van der Waals surface area contributed by atoms with Crippen LogP contribution in [0, 0.1) is 6.92 Å². The van der Waals surface area contributed by atoms with Gasteiger partial charge >= 0.3 is 5.97 Å². The molecule has 0 amide bonds. The second kappa shape index (κ2) is 11.4. The van der Waals surface area contributed by atoms with Crippen molar-refractivity contribution in [2.75, 3.05) is 52.6 Å². The fourth-order valence-corrected chi connectivity index (χ4v) is 5.49. The van der Waals surface area contributed by atoms with E-state index in [2.05, 4.69) is 57.7 Å². The van der Waals surface area contributed by atoms with Crippen LogP contribution < -0.4 is 0 Å². The summed E-state index contributed by atoms with van der Waals surface area (Å²) < 4.78 is 19.0. The summed E-state index contributed by atoms with van der Waals surface area (Å²) in [6.07, 6.45) is 2.05. The first-order valence-electron chi connectivity index (χ1n) is 13.5. The monoisotopic (exact) mass is 505 g/mol. The van der Waals surface area contributed by atoms with Gasteiger partial charge in [-0.05, 0) is 56.5 Å². The van der Waals surface area contributed by atoms with Gasteiger partial charge in [-0.1, -0.05) is 24.3 Å². The second-order valence-corrected chi connectivity index (χ2v) is 10.5. The van der Waals surface area contributed by atoms with E-state index in [9.17, 15) is 4.79 Å². The molecule has 0 bridgehead atoms. The molecule has 5 rings (SSSR count). The van der Waals surface area contributed by atoms with E-state index >= 15 is 0 Å². The number of carbonyl (C=O) groups excluding carboxylic acids is 1. The van der Waals surface area contributed by atoms with Gasteiger partial charge in [-0.3, -0.25) is 9.80 Å². The molecule has 2 fully saturated rings. The fraction of sp³-hybridized carbons (Fsp3) is 0.500. The lowest BCUT2D eigenvalue weighted by atomic mass is 10.0. The Morgan fingerprint density at radius 3 is 2.22 bits per heavy atom. The van der Waals surface area contributed by atoms with Crippen molar-refractivity contribution in [3.05, 3.63) is 65.0 Å². The van der Waals surface area contributed by atoms with Crippen LogP contribution in [0.25, 0.3) is 16.6 Å². The number of pyridine rings is 1. The number of carbonyl (C=O) groups is 1. The molecule has 0 N–H and O–H groups in total. The van der Waals surface area contributed by atoms with Crippen molar-refractivity contribution < 1.29 is 19.0 Å². The maximum Gasteiger partial charge on any atom is 0.338 e. The molecule has 1 atom stereocenters. The quantitative estimate of drug-likeness (QED) is 0.434. The Bertz CT molecular complexity index is 1220. The Balaban J connectivity index is 1.50. The van der Waals surface area contributed by atoms with E-state index < -0.39 is 0 Å². The molecule has 7 nitrogen and oxygen atoms in total. The Labute approximate surface area is 219 Å². The van der Waals surface area contributed by atoms with Crippen molar-refractivity contribution >= 4 is 11.5 Å². The van der Waals surface area contributed by atoms with Crippen LogP contribution in [-0.4, -0.2) is 78.9 Å². The van der Waals surface area contributed by atoms with Crippen molar-refractivity contribution in [2.24, 2.45) is 0 Å². The zero-order valence-electron chi connectivity index (χ0n) is 22.5. The molecule has 0 aliphatic carbocycles. The zero-order valence-corrected chi connectivity index (χ0v) is 22.5. The first-order valence-corrected chi connectivity index (χ1v) is 13.5. The van der Waals surface area contributed by atoms with Gasteiger partial charge in [0.15, 0.2) is 0 Å². The molecule has 3 aromatic rings. The third-order valence-corrected chi connectivity index (χ3v) is 7.54. The first kappa shape index (κ1) is 25.9. The lowest BCUT2D eigenvalue weighted by Crippen LogP contribution is -2.39. The van der Waals surface area contributed by atoms with Crippen molar-refractivity contribution in [1.82, 2.24) is 14.2 Å². The Hall–Kier alpha value is -2.71. The summed E-state index contributed by atoms with van der Waals surface area (Å²) in [4.78, 5) is 17.9. The molecule has 37 heavy (non-hydrogen) atoms. The lowest BCUT2D eigenvalue weighted by Gasteiger charge is -2.34. The molecule has 2 aliphatic rings. The number of hydrogen-bond acceptors (Lipinski definition) is 6. The van der Waals surface area contributed by atoms with Gasteiger partial charge < -0.3 is 18.6 Å². The highest BCUT2D eigenvalue weighted by molar-refractivity contribution is 5.93. The standard InChI is InChI=1S/C30H39N3O4/c1-21(2)37-30(34)28-18-27-17-26(25-7-5-24(6-8-25)19-31-9-13-35-14-10-31)20-33(27)29(22(28)3)23(4)32-11-15-36-16-12-32/h5-8,17-18,20-21,23H,9-16,19H2,1-4H3. The number of rotatable bonds is 7. The summed E-state index contributed by atoms with van der Waals surface area (Å²) in [5.41, 5.74) is 7.37. The number of nitrogens with zero attached hydrogens (tertiary/aromatic N) is 3. The second-order valence-electron chi connectivity index (χ2n) is 10.5. The summed E-state index contributed by atoms with van der Waals surface area (Å²) >= 11 is 0. The largest absolute Gasteiger partial charge is 0.459 e. The summed E-state index contributed by atoms with van der Waals surface area (Å²) in [5, 5.41) is 0. The van der Waals surface area contributed by atoms with Crippen LogP contribution in [0.4, 0.5) is 0 Å². The van der Waals surface area contributed by atoms with Crippen molar-refractivity contribution in [3.63, 3.8) is 0 Å². The molecule has 1 aromatic carbocycles. The average Bonchev–Trinajstić information content (AvgIpc) is 3.33. The minimum Gasteiger partial charge on any atom is -0.459 e. The maximum absolute atomic E-state index is 13.1. The van der Waals surface area contributed by atoms with Crippen LogP contribution in [0.1, 0.15) is 54.0 Å². The summed E-state index contributed by atoms with van der Waals surface area (Å²) in [6, 6.07) is 13.1. The van der Waals surface area contributed by atoms with Gasteiger partial charge in [0.05, 0.1) is 38.1 Å². The van der Waals surface area contributed by atoms with Crippen LogP contribution in [0.2, 0.25) is 0 Å². The van der Waals surface area contributed by atoms with Crippen LogP contribution in [0.15, 0.2) is 42.6 Å². The van der Waals surface area contributed by atoms with E-state index in [0.717, 1.165) is 81.5 Å². The van der Waals surface area contributed by atoms with Crippen molar-refractivity contribution in [3.8, 4) is 11.1 Å². The van der Waals surface area contributed by atoms with E-state index in [4.69, 9.17) is 14.2 Å². The number of hydrogen-bond donors (Lipinski definition) is 0. The summed E-state index contributed by atoms with van der Waals surface area (Å²) in [6.45, 7) is 15.8. The van der Waals surface area contributed by atoms with E-state index in [-0.39, 0.29) is 18.1 Å². The van der Waals surface area contributed by atoms with Gasteiger partial charge in [0.1, 0.15) is 0 Å². The minimum absolute atomic E-state index is 0.134. The molecule has 2 aliphatic heterocycles. The predicted octanol–water partition coefficient (Wildman–Crippen LogP) is 4.71. The normalized spacial score (nSPS) is 18.4. The van der Waals surface area contributed by atoms with Crippen LogP contribution in [0.5, 0.6) is 0 Å². The number of esters is 1. The van der Waals surface area contributed by atoms with Gasteiger partial charge in [-0.15, -0.1) is 0 Å². The van der Waals surface area contributed by atoms with E-state index in [1.807, 2.05) is 26.8 Å². The van der Waals surface area contributed by atoms with Crippen molar-refractivity contribution in [1.29, 1.82) is 0 Å². The number of fused-ring (bicyclic) bond motifs is 1. The van der Waals surface area contributed by atoms with Gasteiger partial charge in [0, 0.05) is 61.7 Å². The molecular formula is C30H39N3O4. The number of aromatic nitrogens is 1. The Kier molecular flexibility index (Phi) is 7.95. The average molecular weight is 506 g/mol. The molecule has 1 unspecified atom stereocenters. The number of morpholine rings is 2. The lowest BCUT2D eigenvalue weighted by molar-refractivity contribution is 0.0186. The fourth-order valence-electron chi connectivity index (χ4n) is 5.49. The number of ether oxygens (including phenoxy) is 3. The van der Waals surface area contributed by atoms with E-state index in [1.165, 1.54) is 11.1 Å². The third-order valence-electron chi connectivity index (χ3n) is 7.54. The van der Waals surface area contributed by atoms with Crippen LogP contribution in [0.3, 0.4) is 0 Å². The highest BCUT2D eigenvalue weighted by Crippen LogP contribution is 2.32. The maximum atomic E-state index is 13.1. The van der Waals surface area contributed by atoms with Crippen LogP contribution in [-0.2, 0) is 20.8 Å². The van der Waals surface area contributed by atoms with Gasteiger partial charge in [0.2, 0.25) is 0 Å². The highest BCUT2D eigenvalue weighted by Gasteiger charge is 2.26. The SMILES string of the molecule is Cc1c(C(=O)OC(C)C)cc2cc(-c3ccc(CN4CCOCC4)cc3)cn2c1C(C)N1CCOCC1. The molecule has 0 saturated carbocycles. The first-order chi connectivity index (χ1) is 17.9. The van der Waals surface area contributed by atoms with E-state index in [1.54, 1.807) is 0 Å². The molecular weight excluding hydrogens is 466 g/mol. The van der Waals surface area contributed by atoms with Crippen LogP contribution >= 0.6 is 0 Å². The smallest absolute Gasteiger partial charge is 0.338 e. The Morgan fingerprint density at radius 2 is 1.57 bits per heavy atom. The molecule has 0 spiro atoms. The molecule has 7 heteroatoms. The van der Waals surface area contributed by atoms with Crippen molar-refractivity contribution in [2.45, 2.75) is 46.4 Å². The topological polar surface area (TPSA) is 55.6 Å². The zero-order chi connectivity index (χ0) is 25.9. The molecule has 0 radical (unpaired) electrons. The molecule has 2 saturated heterocycles. The third kappa shape index (κ3) is 5.75. The van der Waals surface area contributed by atoms with Gasteiger partial charge in [-0.25, -0.2) is 4.79 Å². The minimum atomic E-state index is -0.263. The Morgan fingerprint density at radius 1 is 0.919 bits per heavy atom. The van der Waals surface area contributed by atoms with Gasteiger partial charge in [0.25, 0.3) is 0 Å². The molecule has 198 valence electrons. The van der Waals surface area contributed by atoms with E-state index in [0.29, 0.717) is 5.56 Å². The van der Waals surface area contributed by atoms with Gasteiger partial charge in [-0.2, -0.15) is 0 Å². The number of benzene rings is 1. The summed E-state index contributed by atoms with van der Waals surface area (Å²) in [7, 11) is 0. The molecule has 4 heterocycles. The predicted molar refractivity (Wildman–Crippen MR) is 145 cm³/mol. The molecule has 2 aromatic heterocycles. The highest BCUT2D eigenvalue weighted by atomic mass is 16.5.